The van der Waals surface area contributed by atoms with Gasteiger partial charge in [-0.05, 0) is 73.7 Å². The van der Waals surface area contributed by atoms with Crippen LogP contribution < -0.4 is 15.4 Å². The summed E-state index contributed by atoms with van der Waals surface area (Å²) < 4.78 is 5.65. The number of carbonyl (C=O) groups excluding carboxylic acids is 2. The minimum atomic E-state index is -0.797. The van der Waals surface area contributed by atoms with Gasteiger partial charge in [-0.1, -0.05) is 34.8 Å². The summed E-state index contributed by atoms with van der Waals surface area (Å²) in [5.41, 5.74) is 1.48. The fourth-order valence-corrected chi connectivity index (χ4v) is 2.97. The van der Waals surface area contributed by atoms with E-state index in [1.54, 1.807) is 73.7 Å². The van der Waals surface area contributed by atoms with Crippen molar-refractivity contribution in [1.82, 2.24) is 0 Å². The normalized spacial score (nSPS) is 11.5. The van der Waals surface area contributed by atoms with Crippen molar-refractivity contribution in [2.75, 3.05) is 10.6 Å². The molecule has 3 rings (SSSR count). The van der Waals surface area contributed by atoms with Crippen LogP contribution in [0.5, 0.6) is 5.75 Å². The highest BCUT2D eigenvalue weighted by atomic mass is 35.5. The highest BCUT2D eigenvalue weighted by Gasteiger charge is 2.17. The van der Waals surface area contributed by atoms with Gasteiger partial charge in [0.1, 0.15) is 5.75 Å². The summed E-state index contributed by atoms with van der Waals surface area (Å²) in [7, 11) is 0. The van der Waals surface area contributed by atoms with E-state index in [9.17, 15) is 9.59 Å². The molecule has 2 N–H and O–H groups in total. The van der Waals surface area contributed by atoms with Gasteiger partial charge in [-0.15, -0.1) is 0 Å². The third-order valence-corrected chi connectivity index (χ3v) is 4.90. The Kier molecular flexibility index (Phi) is 7.21. The van der Waals surface area contributed by atoms with Gasteiger partial charge in [-0.2, -0.15) is 0 Å². The number of benzene rings is 3. The molecule has 3 aromatic rings. The summed E-state index contributed by atoms with van der Waals surface area (Å²) >= 11 is 17.8. The molecule has 1 unspecified atom stereocenters. The monoisotopic (exact) mass is 462 g/mol. The molecule has 8 heteroatoms. The Bertz CT molecular complexity index is 1050. The van der Waals surface area contributed by atoms with Crippen LogP contribution in [0.1, 0.15) is 17.3 Å². The summed E-state index contributed by atoms with van der Waals surface area (Å²) in [6.07, 6.45) is -0.797. The first-order chi connectivity index (χ1) is 14.3. The summed E-state index contributed by atoms with van der Waals surface area (Å²) in [4.78, 5) is 24.7. The second kappa shape index (κ2) is 9.85. The van der Waals surface area contributed by atoms with Crippen molar-refractivity contribution in [2.24, 2.45) is 0 Å². The van der Waals surface area contributed by atoms with E-state index in [0.717, 1.165) is 0 Å². The molecule has 5 nitrogen and oxygen atoms in total. The zero-order valence-electron chi connectivity index (χ0n) is 15.8. The van der Waals surface area contributed by atoms with Crippen molar-refractivity contribution in [2.45, 2.75) is 13.0 Å². The zero-order valence-corrected chi connectivity index (χ0v) is 18.1. The zero-order chi connectivity index (χ0) is 21.7. The summed E-state index contributed by atoms with van der Waals surface area (Å²) in [5, 5.41) is 6.87. The highest BCUT2D eigenvalue weighted by Crippen LogP contribution is 2.26. The maximum absolute atomic E-state index is 12.4. The summed E-state index contributed by atoms with van der Waals surface area (Å²) in [5.74, 6) is -0.216. The summed E-state index contributed by atoms with van der Waals surface area (Å²) in [6.45, 7) is 1.61. The topological polar surface area (TPSA) is 67.4 Å². The molecule has 0 radical (unpaired) electrons. The van der Waals surface area contributed by atoms with E-state index < -0.39 is 6.10 Å². The van der Waals surface area contributed by atoms with Gasteiger partial charge in [0.05, 0.1) is 10.7 Å². The number of hydrogen-bond acceptors (Lipinski definition) is 3. The van der Waals surface area contributed by atoms with Crippen molar-refractivity contribution >= 4 is 58.0 Å². The molecule has 0 aromatic heterocycles. The van der Waals surface area contributed by atoms with Crippen LogP contribution in [0, 0.1) is 0 Å². The molecule has 0 spiro atoms. The molecule has 0 fully saturated rings. The number of ether oxygens (including phenoxy) is 1. The maximum atomic E-state index is 12.4. The van der Waals surface area contributed by atoms with Crippen molar-refractivity contribution in [3.63, 3.8) is 0 Å². The smallest absolute Gasteiger partial charge is 0.265 e. The van der Waals surface area contributed by atoms with E-state index in [1.807, 2.05) is 0 Å². The first-order valence-electron chi connectivity index (χ1n) is 8.91. The third-order valence-electron chi connectivity index (χ3n) is 4.09. The molecule has 0 saturated heterocycles. The van der Waals surface area contributed by atoms with Crippen molar-refractivity contribution in [1.29, 1.82) is 0 Å². The summed E-state index contributed by atoms with van der Waals surface area (Å²) in [6, 6.07) is 18.0. The minimum absolute atomic E-state index is 0.273. The predicted molar refractivity (Wildman–Crippen MR) is 121 cm³/mol. The average molecular weight is 464 g/mol. The fraction of sp³-hybridized carbons (Fsp3) is 0.0909. The molecular formula is C22H17Cl3N2O3. The van der Waals surface area contributed by atoms with Crippen LogP contribution in [-0.2, 0) is 4.79 Å². The second-order valence-corrected chi connectivity index (χ2v) is 7.64. The van der Waals surface area contributed by atoms with Crippen LogP contribution in [0.25, 0.3) is 0 Å². The Hall–Kier alpha value is -2.73. The van der Waals surface area contributed by atoms with Gasteiger partial charge < -0.3 is 15.4 Å². The van der Waals surface area contributed by atoms with Crippen LogP contribution in [0.4, 0.5) is 11.4 Å². The standard InChI is InChI=1S/C22H17Cl3N2O3/c1-13(21(28)27-20-12-16(24)6-11-19(20)25)30-18-9-2-14(3-10-18)22(29)26-17-7-4-15(23)5-8-17/h2-13H,1H3,(H,26,29)(H,27,28). The van der Waals surface area contributed by atoms with E-state index in [0.29, 0.717) is 37.8 Å². The fourth-order valence-electron chi connectivity index (χ4n) is 2.51. The molecule has 154 valence electrons. The van der Waals surface area contributed by atoms with Gasteiger partial charge in [0.25, 0.3) is 11.8 Å². The Morgan fingerprint density at radius 1 is 0.833 bits per heavy atom. The number of halogens is 3. The lowest BCUT2D eigenvalue weighted by Gasteiger charge is -2.16. The predicted octanol–water partition coefficient (Wildman–Crippen LogP) is 6.31. The highest BCUT2D eigenvalue weighted by molar-refractivity contribution is 6.35. The lowest BCUT2D eigenvalue weighted by Crippen LogP contribution is -2.30. The van der Waals surface area contributed by atoms with E-state index >= 15 is 0 Å². The van der Waals surface area contributed by atoms with Crippen LogP contribution in [0.3, 0.4) is 0 Å². The molecule has 2 amide bonds. The van der Waals surface area contributed by atoms with Crippen molar-refractivity contribution in [3.05, 3.63) is 87.4 Å². The SMILES string of the molecule is CC(Oc1ccc(C(=O)Nc2ccc(Cl)cc2)cc1)C(=O)Nc1cc(Cl)ccc1Cl. The van der Waals surface area contributed by atoms with Crippen LogP contribution in [0.15, 0.2) is 66.7 Å². The molecule has 0 aliphatic carbocycles. The molecule has 0 aliphatic heterocycles. The molecule has 0 saturated carbocycles. The van der Waals surface area contributed by atoms with Gasteiger partial charge in [-0.25, -0.2) is 0 Å². The van der Waals surface area contributed by atoms with Crippen molar-refractivity contribution in [3.8, 4) is 5.75 Å². The Morgan fingerprint density at radius 3 is 2.13 bits per heavy atom. The van der Waals surface area contributed by atoms with Gasteiger partial charge in [0.2, 0.25) is 0 Å². The van der Waals surface area contributed by atoms with E-state index in [-0.39, 0.29) is 11.8 Å². The first kappa shape index (κ1) is 22.0. The molecule has 0 bridgehead atoms. The Labute approximate surface area is 188 Å². The molecule has 0 heterocycles. The first-order valence-corrected chi connectivity index (χ1v) is 10.0. The van der Waals surface area contributed by atoms with E-state index in [1.165, 1.54) is 0 Å². The Balaban J connectivity index is 1.59. The number of anilines is 2. The molecule has 0 aliphatic rings. The third kappa shape index (κ3) is 5.89. The second-order valence-electron chi connectivity index (χ2n) is 6.36. The van der Waals surface area contributed by atoms with Crippen LogP contribution >= 0.6 is 34.8 Å². The largest absolute Gasteiger partial charge is 0.481 e. The van der Waals surface area contributed by atoms with Gasteiger partial charge in [-0.3, -0.25) is 9.59 Å². The van der Waals surface area contributed by atoms with E-state index in [4.69, 9.17) is 39.5 Å². The number of rotatable bonds is 6. The molecular weight excluding hydrogens is 447 g/mol. The molecule has 1 atom stereocenters. The number of amides is 2. The average Bonchev–Trinajstić information content (AvgIpc) is 2.72. The lowest BCUT2D eigenvalue weighted by molar-refractivity contribution is -0.122. The van der Waals surface area contributed by atoms with Gasteiger partial charge >= 0.3 is 0 Å². The van der Waals surface area contributed by atoms with Crippen LogP contribution in [0.2, 0.25) is 15.1 Å². The molecule has 3 aromatic carbocycles. The van der Waals surface area contributed by atoms with E-state index in [2.05, 4.69) is 10.6 Å². The molecule has 30 heavy (non-hydrogen) atoms. The van der Waals surface area contributed by atoms with Gasteiger partial charge in [0, 0.05) is 21.3 Å². The number of nitrogens with one attached hydrogen (secondary N) is 2. The Morgan fingerprint density at radius 2 is 1.47 bits per heavy atom. The quantitative estimate of drug-likeness (QED) is 0.450. The van der Waals surface area contributed by atoms with Crippen molar-refractivity contribution < 1.29 is 14.3 Å². The number of carbonyl (C=O) groups is 2. The number of hydrogen-bond donors (Lipinski definition) is 2. The van der Waals surface area contributed by atoms with Crippen LogP contribution in [-0.4, -0.2) is 17.9 Å². The maximum Gasteiger partial charge on any atom is 0.265 e. The lowest BCUT2D eigenvalue weighted by atomic mass is 10.2. The minimum Gasteiger partial charge on any atom is -0.481 e. The van der Waals surface area contributed by atoms with Gasteiger partial charge in [0.15, 0.2) is 6.10 Å².